The van der Waals surface area contributed by atoms with E-state index in [-0.39, 0.29) is 0 Å². The Kier molecular flexibility index (Phi) is 2.83. The molecule has 5 nitrogen and oxygen atoms in total. The smallest absolute Gasteiger partial charge is 0.144 e. The van der Waals surface area contributed by atoms with Gasteiger partial charge < -0.3 is 9.84 Å². The summed E-state index contributed by atoms with van der Waals surface area (Å²) in [5.74, 6) is 1.32. The highest BCUT2D eigenvalue weighted by Gasteiger charge is 2.04. The molecule has 0 aromatic carbocycles. The molecule has 0 aliphatic heterocycles. The SMILES string of the molecule is Cc1cc(CNc2ncccc2C#N)no1. The minimum absolute atomic E-state index is 0.489. The molecule has 2 aromatic heterocycles. The van der Waals surface area contributed by atoms with Gasteiger partial charge in [-0.1, -0.05) is 5.16 Å². The van der Waals surface area contributed by atoms with Gasteiger partial charge in [0.1, 0.15) is 23.3 Å². The second-order valence-corrected chi connectivity index (χ2v) is 3.29. The third-order valence-electron chi connectivity index (χ3n) is 2.04. The molecule has 0 bridgehead atoms. The van der Waals surface area contributed by atoms with Gasteiger partial charge in [-0.15, -0.1) is 0 Å². The molecule has 0 saturated heterocycles. The van der Waals surface area contributed by atoms with Crippen LogP contribution in [0, 0.1) is 18.3 Å². The van der Waals surface area contributed by atoms with Crippen molar-refractivity contribution in [3.05, 3.63) is 41.4 Å². The number of nitrogens with zero attached hydrogens (tertiary/aromatic N) is 3. The van der Waals surface area contributed by atoms with E-state index in [1.807, 2.05) is 13.0 Å². The van der Waals surface area contributed by atoms with Gasteiger partial charge in [-0.05, 0) is 19.1 Å². The molecule has 0 unspecified atom stereocenters. The van der Waals surface area contributed by atoms with Crippen LogP contribution in [0.3, 0.4) is 0 Å². The number of pyridine rings is 1. The predicted octanol–water partition coefficient (Wildman–Crippen LogP) is 1.86. The van der Waals surface area contributed by atoms with Crippen molar-refractivity contribution in [2.75, 3.05) is 5.32 Å². The standard InChI is InChI=1S/C11H10N4O/c1-8-5-10(15-16-8)7-14-11-9(6-12)3-2-4-13-11/h2-5H,7H2,1H3,(H,13,14). The Balaban J connectivity index is 2.08. The van der Waals surface area contributed by atoms with Crippen molar-refractivity contribution in [3.63, 3.8) is 0 Å². The summed E-state index contributed by atoms with van der Waals surface area (Å²) < 4.78 is 4.93. The van der Waals surface area contributed by atoms with Crippen LogP contribution in [0.2, 0.25) is 0 Å². The molecule has 0 aliphatic rings. The van der Waals surface area contributed by atoms with Gasteiger partial charge in [0, 0.05) is 12.3 Å². The molecule has 0 spiro atoms. The van der Waals surface area contributed by atoms with Gasteiger partial charge >= 0.3 is 0 Å². The van der Waals surface area contributed by atoms with Gasteiger partial charge in [-0.2, -0.15) is 5.26 Å². The Labute approximate surface area is 92.7 Å². The number of rotatable bonds is 3. The molecule has 2 aromatic rings. The number of hydrogen-bond acceptors (Lipinski definition) is 5. The van der Waals surface area contributed by atoms with E-state index in [9.17, 15) is 0 Å². The van der Waals surface area contributed by atoms with E-state index in [0.29, 0.717) is 17.9 Å². The molecule has 0 radical (unpaired) electrons. The summed E-state index contributed by atoms with van der Waals surface area (Å²) in [6.45, 7) is 2.32. The highest BCUT2D eigenvalue weighted by atomic mass is 16.5. The molecule has 0 aliphatic carbocycles. The van der Waals surface area contributed by atoms with Crippen molar-refractivity contribution < 1.29 is 4.52 Å². The lowest BCUT2D eigenvalue weighted by molar-refractivity contribution is 0.391. The maximum absolute atomic E-state index is 8.86. The molecule has 1 N–H and O–H groups in total. The second kappa shape index (κ2) is 4.45. The van der Waals surface area contributed by atoms with Crippen LogP contribution in [0.25, 0.3) is 0 Å². The minimum Gasteiger partial charge on any atom is -0.363 e. The third kappa shape index (κ3) is 2.17. The fraction of sp³-hybridized carbons (Fsp3) is 0.182. The van der Waals surface area contributed by atoms with Crippen LogP contribution < -0.4 is 5.32 Å². The summed E-state index contributed by atoms with van der Waals surface area (Å²) in [5.41, 5.74) is 1.30. The second-order valence-electron chi connectivity index (χ2n) is 3.29. The zero-order valence-electron chi connectivity index (χ0n) is 8.77. The first kappa shape index (κ1) is 10.2. The zero-order valence-corrected chi connectivity index (χ0v) is 8.77. The molecule has 80 valence electrons. The normalized spacial score (nSPS) is 9.75. The van der Waals surface area contributed by atoms with Gasteiger partial charge in [0.15, 0.2) is 0 Å². The van der Waals surface area contributed by atoms with Crippen LogP contribution >= 0.6 is 0 Å². The van der Waals surface area contributed by atoms with Gasteiger partial charge in [-0.25, -0.2) is 4.98 Å². The predicted molar refractivity (Wildman–Crippen MR) is 57.5 cm³/mol. The van der Waals surface area contributed by atoms with E-state index in [1.165, 1.54) is 0 Å². The van der Waals surface area contributed by atoms with Crippen molar-refractivity contribution in [2.45, 2.75) is 13.5 Å². The summed E-state index contributed by atoms with van der Waals surface area (Å²) in [5, 5.41) is 15.7. The van der Waals surface area contributed by atoms with Gasteiger partial charge in [-0.3, -0.25) is 0 Å². The number of hydrogen-bond donors (Lipinski definition) is 1. The molecular weight excluding hydrogens is 204 g/mol. The summed E-state index contributed by atoms with van der Waals surface area (Å²) in [7, 11) is 0. The molecule has 0 atom stereocenters. The fourth-order valence-electron chi connectivity index (χ4n) is 1.31. The highest BCUT2D eigenvalue weighted by molar-refractivity contribution is 5.51. The van der Waals surface area contributed by atoms with Crippen molar-refractivity contribution >= 4 is 5.82 Å². The number of anilines is 1. The molecule has 0 fully saturated rings. The van der Waals surface area contributed by atoms with Crippen LogP contribution in [0.4, 0.5) is 5.82 Å². The first-order valence-corrected chi connectivity index (χ1v) is 4.81. The van der Waals surface area contributed by atoms with Crippen LogP contribution in [0.15, 0.2) is 28.9 Å². The van der Waals surface area contributed by atoms with E-state index in [1.54, 1.807) is 18.3 Å². The molecule has 2 heterocycles. The summed E-state index contributed by atoms with van der Waals surface area (Å²) in [6, 6.07) is 7.34. The Morgan fingerprint density at radius 1 is 1.56 bits per heavy atom. The van der Waals surface area contributed by atoms with Gasteiger partial charge in [0.2, 0.25) is 0 Å². The third-order valence-corrected chi connectivity index (χ3v) is 2.04. The number of nitriles is 1. The summed E-state index contributed by atoms with van der Waals surface area (Å²) in [4.78, 5) is 4.08. The van der Waals surface area contributed by atoms with Crippen LogP contribution in [0.1, 0.15) is 17.0 Å². The summed E-state index contributed by atoms with van der Waals surface area (Å²) in [6.07, 6.45) is 1.64. The Morgan fingerprint density at radius 2 is 2.44 bits per heavy atom. The number of aromatic nitrogens is 2. The van der Waals surface area contributed by atoms with E-state index < -0.39 is 0 Å². The minimum atomic E-state index is 0.489. The molecular formula is C11H10N4O. The van der Waals surface area contributed by atoms with E-state index in [4.69, 9.17) is 9.78 Å². The van der Waals surface area contributed by atoms with E-state index in [0.717, 1.165) is 11.5 Å². The highest BCUT2D eigenvalue weighted by Crippen LogP contribution is 2.11. The molecule has 0 amide bonds. The lowest BCUT2D eigenvalue weighted by Crippen LogP contribution is -2.03. The monoisotopic (exact) mass is 214 g/mol. The maximum Gasteiger partial charge on any atom is 0.144 e. The molecule has 16 heavy (non-hydrogen) atoms. The first-order chi connectivity index (χ1) is 7.79. The van der Waals surface area contributed by atoms with Crippen molar-refractivity contribution in [1.82, 2.24) is 10.1 Å². The van der Waals surface area contributed by atoms with Crippen LogP contribution in [-0.2, 0) is 6.54 Å². The van der Waals surface area contributed by atoms with Crippen molar-refractivity contribution in [3.8, 4) is 6.07 Å². The van der Waals surface area contributed by atoms with Crippen molar-refractivity contribution in [1.29, 1.82) is 5.26 Å². The Morgan fingerprint density at radius 3 is 3.12 bits per heavy atom. The van der Waals surface area contributed by atoms with Crippen LogP contribution in [-0.4, -0.2) is 10.1 Å². The fourth-order valence-corrected chi connectivity index (χ4v) is 1.31. The zero-order chi connectivity index (χ0) is 11.4. The topological polar surface area (TPSA) is 74.7 Å². The molecule has 2 rings (SSSR count). The Hall–Kier alpha value is -2.35. The Bertz CT molecular complexity index is 527. The lowest BCUT2D eigenvalue weighted by Gasteiger charge is -2.03. The largest absolute Gasteiger partial charge is 0.363 e. The molecule has 5 heteroatoms. The van der Waals surface area contributed by atoms with Crippen LogP contribution in [0.5, 0.6) is 0 Å². The first-order valence-electron chi connectivity index (χ1n) is 4.81. The van der Waals surface area contributed by atoms with Crippen molar-refractivity contribution in [2.24, 2.45) is 0 Å². The quantitative estimate of drug-likeness (QED) is 0.844. The maximum atomic E-state index is 8.86. The summed E-state index contributed by atoms with van der Waals surface area (Å²) >= 11 is 0. The average Bonchev–Trinajstić information content (AvgIpc) is 2.73. The van der Waals surface area contributed by atoms with E-state index in [2.05, 4.69) is 21.5 Å². The van der Waals surface area contributed by atoms with Gasteiger partial charge in [0.25, 0.3) is 0 Å². The lowest BCUT2D eigenvalue weighted by atomic mass is 10.3. The number of nitrogens with one attached hydrogen (secondary N) is 1. The average molecular weight is 214 g/mol. The van der Waals surface area contributed by atoms with Gasteiger partial charge in [0.05, 0.1) is 12.1 Å². The van der Waals surface area contributed by atoms with E-state index >= 15 is 0 Å². The number of aryl methyl sites for hydroxylation is 1. The molecule has 0 saturated carbocycles.